The first kappa shape index (κ1) is 10.9. The lowest BCUT2D eigenvalue weighted by Gasteiger charge is -2.20. The van der Waals surface area contributed by atoms with Crippen molar-refractivity contribution in [3.8, 4) is 12.3 Å². The minimum absolute atomic E-state index is 0.0220. The van der Waals surface area contributed by atoms with Crippen LogP contribution in [0.3, 0.4) is 0 Å². The number of β-amino-alcohol motifs (C(OH)–C–C–N with tert-alkyl or cyclic N) is 1. The van der Waals surface area contributed by atoms with Crippen LogP contribution in [0.25, 0.3) is 0 Å². The van der Waals surface area contributed by atoms with E-state index >= 15 is 0 Å². The molecule has 0 aromatic heterocycles. The van der Waals surface area contributed by atoms with Gasteiger partial charge in [0, 0.05) is 12.0 Å². The van der Waals surface area contributed by atoms with Gasteiger partial charge >= 0.3 is 6.09 Å². The number of nitrogens with zero attached hydrogens (tertiary/aromatic N) is 1. The zero-order valence-electron chi connectivity index (χ0n) is 8.49. The Bertz CT molecular complexity index is 267. The molecule has 0 aromatic rings. The Labute approximate surface area is 83.8 Å². The summed E-state index contributed by atoms with van der Waals surface area (Å²) >= 11 is 0. The van der Waals surface area contributed by atoms with E-state index in [0.717, 1.165) is 0 Å². The Morgan fingerprint density at radius 2 is 2.43 bits per heavy atom. The van der Waals surface area contributed by atoms with Crippen molar-refractivity contribution in [2.24, 2.45) is 5.41 Å². The van der Waals surface area contributed by atoms with Crippen LogP contribution in [0.2, 0.25) is 0 Å². The molecular weight excluding hydrogens is 182 g/mol. The molecule has 1 aliphatic rings. The average molecular weight is 197 g/mol. The molecule has 1 aliphatic heterocycles. The van der Waals surface area contributed by atoms with E-state index in [4.69, 9.17) is 11.2 Å². The highest BCUT2D eigenvalue weighted by atomic mass is 16.6. The Hall–Kier alpha value is -1.21. The highest BCUT2D eigenvalue weighted by Gasteiger charge is 2.40. The molecule has 1 heterocycles. The molecule has 0 spiro atoms. The van der Waals surface area contributed by atoms with Gasteiger partial charge in [0.05, 0.1) is 12.6 Å². The number of likely N-dealkylation sites (tertiary alicyclic amines) is 1. The first-order valence-electron chi connectivity index (χ1n) is 4.50. The van der Waals surface area contributed by atoms with E-state index in [9.17, 15) is 9.90 Å². The Morgan fingerprint density at radius 3 is 2.86 bits per heavy atom. The van der Waals surface area contributed by atoms with E-state index < -0.39 is 12.2 Å². The maximum absolute atomic E-state index is 11.3. The normalized spacial score (nSPS) is 24.4. The second-order valence-corrected chi connectivity index (χ2v) is 4.14. The smallest absolute Gasteiger partial charge is 0.410 e. The van der Waals surface area contributed by atoms with E-state index in [0.29, 0.717) is 13.1 Å². The van der Waals surface area contributed by atoms with Crippen molar-refractivity contribution in [2.75, 3.05) is 19.7 Å². The molecule has 1 fully saturated rings. The van der Waals surface area contributed by atoms with E-state index in [1.807, 2.05) is 13.8 Å². The van der Waals surface area contributed by atoms with Gasteiger partial charge in [-0.05, 0) is 0 Å². The zero-order chi connectivity index (χ0) is 10.8. The topological polar surface area (TPSA) is 49.8 Å². The molecule has 0 aromatic carbocycles. The summed E-state index contributed by atoms with van der Waals surface area (Å²) < 4.78 is 4.76. The summed E-state index contributed by atoms with van der Waals surface area (Å²) in [6.45, 7) is 4.61. The number of terminal acetylenes is 1. The van der Waals surface area contributed by atoms with Crippen LogP contribution in [0.4, 0.5) is 4.79 Å². The number of hydrogen-bond donors (Lipinski definition) is 1. The third-order valence-corrected chi connectivity index (χ3v) is 2.43. The van der Waals surface area contributed by atoms with Crippen molar-refractivity contribution in [3.05, 3.63) is 0 Å². The lowest BCUT2D eigenvalue weighted by atomic mass is 9.90. The number of carbonyl (C=O) groups is 1. The summed E-state index contributed by atoms with van der Waals surface area (Å²) in [4.78, 5) is 12.8. The van der Waals surface area contributed by atoms with Gasteiger partial charge in [-0.3, -0.25) is 0 Å². The molecule has 1 amide bonds. The van der Waals surface area contributed by atoms with E-state index in [1.54, 1.807) is 0 Å². The highest BCUT2D eigenvalue weighted by Crippen LogP contribution is 2.29. The van der Waals surface area contributed by atoms with Gasteiger partial charge in [-0.15, -0.1) is 6.42 Å². The predicted molar refractivity (Wildman–Crippen MR) is 51.5 cm³/mol. The van der Waals surface area contributed by atoms with Crippen LogP contribution in [0.1, 0.15) is 13.8 Å². The van der Waals surface area contributed by atoms with Gasteiger partial charge < -0.3 is 14.7 Å². The predicted octanol–water partition coefficient (Wildman–Crippen LogP) is 0.459. The van der Waals surface area contributed by atoms with Crippen LogP contribution in [0, 0.1) is 17.8 Å². The fourth-order valence-corrected chi connectivity index (χ4v) is 1.45. The van der Waals surface area contributed by atoms with Gasteiger partial charge in [0.15, 0.2) is 6.61 Å². The van der Waals surface area contributed by atoms with Crippen LogP contribution < -0.4 is 0 Å². The summed E-state index contributed by atoms with van der Waals surface area (Å²) in [6.07, 6.45) is 4.01. The second-order valence-electron chi connectivity index (χ2n) is 4.14. The Balaban J connectivity index is 2.50. The summed E-state index contributed by atoms with van der Waals surface area (Å²) in [5.41, 5.74) is -0.269. The molecule has 78 valence electrons. The number of hydrogen-bond acceptors (Lipinski definition) is 3. The quantitative estimate of drug-likeness (QED) is 0.621. The van der Waals surface area contributed by atoms with Crippen LogP contribution in [0.15, 0.2) is 0 Å². The fourth-order valence-electron chi connectivity index (χ4n) is 1.45. The first-order chi connectivity index (χ1) is 6.47. The fraction of sp³-hybridized carbons (Fsp3) is 0.700. The lowest BCUT2D eigenvalue weighted by Crippen LogP contribution is -2.30. The van der Waals surface area contributed by atoms with Crippen molar-refractivity contribution >= 4 is 6.09 Å². The summed E-state index contributed by atoms with van der Waals surface area (Å²) in [5.74, 6) is 2.22. The molecular formula is C10H15NO3. The molecule has 0 bridgehead atoms. The van der Waals surface area contributed by atoms with E-state index in [1.165, 1.54) is 4.90 Å². The molecule has 14 heavy (non-hydrogen) atoms. The molecule has 4 heteroatoms. The second kappa shape index (κ2) is 3.89. The van der Waals surface area contributed by atoms with Crippen LogP contribution in [-0.4, -0.2) is 41.9 Å². The third-order valence-electron chi connectivity index (χ3n) is 2.43. The molecule has 1 rings (SSSR count). The number of amides is 1. The minimum Gasteiger partial charge on any atom is -0.436 e. The molecule has 1 N–H and O–H groups in total. The van der Waals surface area contributed by atoms with Crippen molar-refractivity contribution in [2.45, 2.75) is 20.0 Å². The van der Waals surface area contributed by atoms with Crippen LogP contribution >= 0.6 is 0 Å². The number of rotatable bonds is 1. The van der Waals surface area contributed by atoms with Gasteiger partial charge in [-0.1, -0.05) is 19.8 Å². The van der Waals surface area contributed by atoms with E-state index in [-0.39, 0.29) is 12.0 Å². The standard InChI is InChI=1S/C10H15NO3/c1-4-5-14-9(13)11-6-8(12)10(2,3)7-11/h1,8,12H,5-7H2,2-3H3. The number of aliphatic hydroxyl groups excluding tert-OH is 1. The van der Waals surface area contributed by atoms with Crippen molar-refractivity contribution in [1.29, 1.82) is 0 Å². The van der Waals surface area contributed by atoms with Gasteiger partial charge in [-0.25, -0.2) is 4.79 Å². The maximum Gasteiger partial charge on any atom is 0.410 e. The first-order valence-corrected chi connectivity index (χ1v) is 4.50. The van der Waals surface area contributed by atoms with Crippen molar-refractivity contribution in [3.63, 3.8) is 0 Å². The number of carbonyl (C=O) groups excluding carboxylic acids is 1. The molecule has 0 aliphatic carbocycles. The Morgan fingerprint density at radius 1 is 1.79 bits per heavy atom. The number of aliphatic hydroxyl groups is 1. The summed E-state index contributed by atoms with van der Waals surface area (Å²) in [5, 5.41) is 9.61. The lowest BCUT2D eigenvalue weighted by molar-refractivity contribution is 0.0941. The third kappa shape index (κ3) is 2.18. The highest BCUT2D eigenvalue weighted by molar-refractivity contribution is 5.68. The van der Waals surface area contributed by atoms with Gasteiger partial charge in [-0.2, -0.15) is 0 Å². The largest absolute Gasteiger partial charge is 0.436 e. The molecule has 1 saturated heterocycles. The van der Waals surface area contributed by atoms with Gasteiger partial charge in [0.1, 0.15) is 0 Å². The van der Waals surface area contributed by atoms with Crippen LogP contribution in [0.5, 0.6) is 0 Å². The van der Waals surface area contributed by atoms with E-state index in [2.05, 4.69) is 5.92 Å². The maximum atomic E-state index is 11.3. The minimum atomic E-state index is -0.499. The summed E-state index contributed by atoms with van der Waals surface area (Å²) in [6, 6.07) is 0. The molecule has 4 nitrogen and oxygen atoms in total. The molecule has 0 radical (unpaired) electrons. The van der Waals surface area contributed by atoms with Gasteiger partial charge in [0.25, 0.3) is 0 Å². The summed E-state index contributed by atoms with van der Waals surface area (Å²) in [7, 11) is 0. The monoisotopic (exact) mass is 197 g/mol. The molecule has 1 atom stereocenters. The Kier molecular flexibility index (Phi) is 3.02. The molecule has 0 saturated carbocycles. The van der Waals surface area contributed by atoms with Gasteiger partial charge in [0.2, 0.25) is 0 Å². The zero-order valence-corrected chi connectivity index (χ0v) is 8.49. The average Bonchev–Trinajstić information content (AvgIpc) is 2.37. The SMILES string of the molecule is C#CCOC(=O)N1CC(O)C(C)(C)C1. The van der Waals surface area contributed by atoms with Crippen LogP contribution in [-0.2, 0) is 4.74 Å². The number of ether oxygens (including phenoxy) is 1. The van der Waals surface area contributed by atoms with Crippen molar-refractivity contribution < 1.29 is 14.6 Å². The van der Waals surface area contributed by atoms with Crippen molar-refractivity contribution in [1.82, 2.24) is 4.90 Å². The molecule has 1 unspecified atom stereocenters.